The van der Waals surface area contributed by atoms with Crippen LogP contribution in [0.15, 0.2) is 23.0 Å². The molecule has 2 aromatic rings. The van der Waals surface area contributed by atoms with Gasteiger partial charge in [-0.3, -0.25) is 0 Å². The molecule has 2 rings (SSSR count). The highest BCUT2D eigenvalue weighted by Crippen LogP contribution is 2.19. The minimum Gasteiger partial charge on any atom is -0.478 e. The minimum atomic E-state index is -1.56. The number of urea groups is 1. The van der Waals surface area contributed by atoms with Gasteiger partial charge < -0.3 is 15.7 Å². The van der Waals surface area contributed by atoms with Crippen LogP contribution in [-0.2, 0) is 6.54 Å². The molecular weight excluding hydrogens is 304 g/mol. The van der Waals surface area contributed by atoms with E-state index in [0.717, 1.165) is 6.07 Å². The largest absolute Gasteiger partial charge is 0.478 e. The molecule has 3 N–H and O–H groups in total. The molecule has 21 heavy (non-hydrogen) atoms. The minimum absolute atomic E-state index is 0.129. The third-order valence-electron chi connectivity index (χ3n) is 2.45. The summed E-state index contributed by atoms with van der Waals surface area (Å²) in [6.45, 7) is 0.129. The second kappa shape index (κ2) is 6.27. The molecule has 1 heterocycles. The van der Waals surface area contributed by atoms with Gasteiger partial charge in [0.2, 0.25) is 0 Å². The van der Waals surface area contributed by atoms with Gasteiger partial charge in [-0.2, -0.15) is 0 Å². The Labute approximate surface area is 121 Å². The van der Waals surface area contributed by atoms with E-state index < -0.39 is 34.9 Å². The van der Waals surface area contributed by atoms with Crippen LogP contribution in [0.1, 0.15) is 16.1 Å². The SMILES string of the molecule is O=C(NCc1cscn1)Nc1cc(C(=O)O)c(F)cc1F. The smallest absolute Gasteiger partial charge is 0.338 e. The van der Waals surface area contributed by atoms with Gasteiger partial charge in [0.1, 0.15) is 11.6 Å². The number of amides is 2. The number of halogens is 2. The standard InChI is InChI=1S/C12H9F2N3O3S/c13-8-2-9(14)10(1-7(8)11(18)19)17-12(20)15-3-6-4-21-5-16-6/h1-2,4-5H,3H2,(H,18,19)(H2,15,17,20). The van der Waals surface area contributed by atoms with Crippen LogP contribution in [0.3, 0.4) is 0 Å². The molecule has 0 spiro atoms. The lowest BCUT2D eigenvalue weighted by molar-refractivity contribution is 0.0692. The van der Waals surface area contributed by atoms with Gasteiger partial charge in [-0.25, -0.2) is 23.4 Å². The van der Waals surface area contributed by atoms with E-state index in [1.165, 1.54) is 11.3 Å². The summed E-state index contributed by atoms with van der Waals surface area (Å²) in [5.74, 6) is -3.84. The van der Waals surface area contributed by atoms with Crippen molar-refractivity contribution in [2.24, 2.45) is 0 Å². The number of carbonyl (C=O) groups excluding carboxylic acids is 1. The summed E-state index contributed by atoms with van der Waals surface area (Å²) >= 11 is 1.35. The first-order valence-corrected chi connectivity index (χ1v) is 6.56. The summed E-state index contributed by atoms with van der Waals surface area (Å²) in [5.41, 5.74) is 1.06. The Morgan fingerprint density at radius 3 is 2.67 bits per heavy atom. The zero-order valence-electron chi connectivity index (χ0n) is 10.4. The fourth-order valence-electron chi connectivity index (χ4n) is 1.47. The third kappa shape index (κ3) is 3.72. The molecule has 1 aromatic heterocycles. The number of hydrogen-bond acceptors (Lipinski definition) is 4. The Morgan fingerprint density at radius 1 is 1.29 bits per heavy atom. The lowest BCUT2D eigenvalue weighted by atomic mass is 10.2. The van der Waals surface area contributed by atoms with E-state index in [-0.39, 0.29) is 6.54 Å². The van der Waals surface area contributed by atoms with Crippen molar-refractivity contribution in [2.45, 2.75) is 6.54 Å². The zero-order chi connectivity index (χ0) is 15.4. The molecule has 2 amide bonds. The van der Waals surface area contributed by atoms with Crippen LogP contribution >= 0.6 is 11.3 Å². The summed E-state index contributed by atoms with van der Waals surface area (Å²) in [6, 6.07) is 0.361. The number of rotatable bonds is 4. The van der Waals surface area contributed by atoms with Gasteiger partial charge in [-0.15, -0.1) is 11.3 Å². The van der Waals surface area contributed by atoms with Gasteiger partial charge >= 0.3 is 12.0 Å². The highest BCUT2D eigenvalue weighted by Gasteiger charge is 2.16. The molecule has 0 fully saturated rings. The topological polar surface area (TPSA) is 91.3 Å². The fraction of sp³-hybridized carbons (Fsp3) is 0.0833. The van der Waals surface area contributed by atoms with E-state index in [9.17, 15) is 18.4 Å². The first-order valence-electron chi connectivity index (χ1n) is 5.61. The van der Waals surface area contributed by atoms with Gasteiger partial charge in [0.15, 0.2) is 0 Å². The lowest BCUT2D eigenvalue weighted by Crippen LogP contribution is -2.28. The fourth-order valence-corrected chi connectivity index (χ4v) is 2.03. The first kappa shape index (κ1) is 14.9. The van der Waals surface area contributed by atoms with Crippen molar-refractivity contribution >= 4 is 29.0 Å². The summed E-state index contributed by atoms with van der Waals surface area (Å²) in [4.78, 5) is 26.3. The quantitative estimate of drug-likeness (QED) is 0.808. The van der Waals surface area contributed by atoms with Gasteiger partial charge in [0, 0.05) is 11.4 Å². The molecule has 9 heteroatoms. The molecule has 1 aromatic carbocycles. The second-order valence-electron chi connectivity index (χ2n) is 3.90. The number of benzene rings is 1. The van der Waals surface area contributed by atoms with Gasteiger partial charge in [0.25, 0.3) is 0 Å². The number of carbonyl (C=O) groups is 2. The van der Waals surface area contributed by atoms with E-state index in [4.69, 9.17) is 5.11 Å². The van der Waals surface area contributed by atoms with Crippen molar-refractivity contribution < 1.29 is 23.5 Å². The van der Waals surface area contributed by atoms with Crippen LogP contribution < -0.4 is 10.6 Å². The van der Waals surface area contributed by atoms with Crippen molar-refractivity contribution in [2.75, 3.05) is 5.32 Å². The van der Waals surface area contributed by atoms with Crippen LogP contribution in [0.4, 0.5) is 19.3 Å². The van der Waals surface area contributed by atoms with Crippen molar-refractivity contribution in [3.63, 3.8) is 0 Å². The maximum Gasteiger partial charge on any atom is 0.338 e. The predicted octanol–water partition coefficient (Wildman–Crippen LogP) is 2.44. The number of carboxylic acids is 1. The number of aromatic nitrogens is 1. The number of aromatic carboxylic acids is 1. The summed E-state index contributed by atoms with van der Waals surface area (Å²) < 4.78 is 26.7. The Bertz CT molecular complexity index is 677. The average molecular weight is 313 g/mol. The number of carboxylic acid groups (broad SMARTS) is 1. The second-order valence-corrected chi connectivity index (χ2v) is 4.62. The van der Waals surface area contributed by atoms with Crippen LogP contribution in [0.2, 0.25) is 0 Å². The third-order valence-corrected chi connectivity index (χ3v) is 3.08. The van der Waals surface area contributed by atoms with E-state index in [2.05, 4.69) is 15.6 Å². The summed E-state index contributed by atoms with van der Waals surface area (Å²) in [5, 5.41) is 15.0. The Morgan fingerprint density at radius 2 is 2.05 bits per heavy atom. The van der Waals surface area contributed by atoms with Crippen molar-refractivity contribution in [3.8, 4) is 0 Å². The summed E-state index contributed by atoms with van der Waals surface area (Å²) in [7, 11) is 0. The van der Waals surface area contributed by atoms with Gasteiger partial charge in [-0.1, -0.05) is 0 Å². The molecule has 0 aliphatic rings. The number of anilines is 1. The van der Waals surface area contributed by atoms with Crippen molar-refractivity contribution in [1.29, 1.82) is 0 Å². The maximum absolute atomic E-state index is 13.5. The molecule has 0 atom stereocenters. The molecule has 0 aliphatic heterocycles. The zero-order valence-corrected chi connectivity index (χ0v) is 11.2. The van der Waals surface area contributed by atoms with E-state index in [1.807, 2.05) is 0 Å². The Kier molecular flexibility index (Phi) is 4.43. The number of hydrogen-bond donors (Lipinski definition) is 3. The van der Waals surface area contributed by atoms with E-state index in [0.29, 0.717) is 11.8 Å². The number of nitrogens with one attached hydrogen (secondary N) is 2. The monoisotopic (exact) mass is 313 g/mol. The summed E-state index contributed by atoms with van der Waals surface area (Å²) in [6.07, 6.45) is 0. The van der Waals surface area contributed by atoms with E-state index in [1.54, 1.807) is 10.9 Å². The van der Waals surface area contributed by atoms with Crippen LogP contribution in [-0.4, -0.2) is 22.1 Å². The van der Waals surface area contributed by atoms with E-state index >= 15 is 0 Å². The molecule has 0 aliphatic carbocycles. The lowest BCUT2D eigenvalue weighted by Gasteiger charge is -2.09. The van der Waals surface area contributed by atoms with Crippen molar-refractivity contribution in [3.05, 3.63) is 45.9 Å². The molecule has 0 unspecified atom stereocenters. The first-order chi connectivity index (χ1) is 9.97. The molecule has 0 bridgehead atoms. The number of nitrogens with zero attached hydrogens (tertiary/aromatic N) is 1. The van der Waals surface area contributed by atoms with Crippen LogP contribution in [0.5, 0.6) is 0 Å². The van der Waals surface area contributed by atoms with Gasteiger partial charge in [-0.05, 0) is 6.07 Å². The number of thiazole rings is 1. The van der Waals surface area contributed by atoms with Crippen LogP contribution in [0.25, 0.3) is 0 Å². The molecule has 6 nitrogen and oxygen atoms in total. The molecule has 0 saturated carbocycles. The average Bonchev–Trinajstić information content (AvgIpc) is 2.92. The van der Waals surface area contributed by atoms with Crippen molar-refractivity contribution in [1.82, 2.24) is 10.3 Å². The van der Waals surface area contributed by atoms with Gasteiger partial charge in [0.05, 0.1) is 29.0 Å². The molecule has 0 radical (unpaired) electrons. The maximum atomic E-state index is 13.5. The normalized spacial score (nSPS) is 10.2. The highest BCUT2D eigenvalue weighted by atomic mass is 32.1. The highest BCUT2D eigenvalue weighted by molar-refractivity contribution is 7.07. The molecular formula is C12H9F2N3O3S. The Hall–Kier alpha value is -2.55. The molecule has 110 valence electrons. The van der Waals surface area contributed by atoms with Crippen LogP contribution in [0, 0.1) is 11.6 Å². The predicted molar refractivity (Wildman–Crippen MR) is 71.3 cm³/mol. The Balaban J connectivity index is 2.06. The molecule has 0 saturated heterocycles.